The van der Waals surface area contributed by atoms with Gasteiger partial charge in [-0.15, -0.1) is 11.3 Å². The van der Waals surface area contributed by atoms with Gasteiger partial charge in [-0.2, -0.15) is 25.6 Å². The van der Waals surface area contributed by atoms with Gasteiger partial charge in [0.05, 0.1) is 5.56 Å². The third-order valence-corrected chi connectivity index (χ3v) is 9.01. The van der Waals surface area contributed by atoms with E-state index in [-0.39, 0.29) is 23.7 Å². The Hall–Kier alpha value is -3.94. The van der Waals surface area contributed by atoms with Gasteiger partial charge in [-0.25, -0.2) is 0 Å². The minimum absolute atomic E-state index is 0.0510. The van der Waals surface area contributed by atoms with Gasteiger partial charge in [0.1, 0.15) is 35.0 Å². The van der Waals surface area contributed by atoms with Crippen LogP contribution in [-0.2, 0) is 11.8 Å². The number of nitrogens with two attached hydrogens (primary N) is 2. The summed E-state index contributed by atoms with van der Waals surface area (Å²) in [5, 5.41) is 35.2. The monoisotopic (exact) mass is 517 g/mol. The van der Waals surface area contributed by atoms with Crippen molar-refractivity contribution in [2.75, 3.05) is 48.3 Å². The average molecular weight is 518 g/mol. The average Bonchev–Trinajstić information content (AvgIpc) is 3.53. The molecule has 0 radical (unpaired) electrons. The molecule has 1 aliphatic carbocycles. The quantitative estimate of drug-likeness (QED) is 0.243. The van der Waals surface area contributed by atoms with E-state index in [9.17, 15) is 10.5 Å². The van der Waals surface area contributed by atoms with Crippen molar-refractivity contribution >= 4 is 39.9 Å². The van der Waals surface area contributed by atoms with Crippen LogP contribution >= 0.6 is 11.3 Å². The normalized spacial score (nSPS) is 23.4. The smallest absolute Gasteiger partial charge is 0.320 e. The highest BCUT2D eigenvalue weighted by molar-refractivity contribution is 7.16. The summed E-state index contributed by atoms with van der Waals surface area (Å²) in [6, 6.07) is 5.51. The van der Waals surface area contributed by atoms with Crippen LogP contribution in [0.5, 0.6) is 6.01 Å². The molecule has 5 heterocycles. The highest BCUT2D eigenvalue weighted by atomic mass is 32.1. The van der Waals surface area contributed by atoms with Crippen LogP contribution in [0.25, 0.3) is 0 Å². The Morgan fingerprint density at radius 3 is 2.49 bits per heavy atom. The zero-order valence-corrected chi connectivity index (χ0v) is 21.0. The molecule has 3 fully saturated rings. The van der Waals surface area contributed by atoms with Crippen molar-refractivity contribution in [3.05, 3.63) is 21.6 Å². The number of piperazine rings is 1. The fraction of sp³-hybridized carbons (Fsp3) is 0.500. The molecule has 0 saturated carbocycles. The predicted octanol–water partition coefficient (Wildman–Crippen LogP) is 0.852. The maximum absolute atomic E-state index is 10.3. The van der Waals surface area contributed by atoms with Gasteiger partial charge in [0.2, 0.25) is 0 Å². The molecule has 3 saturated heterocycles. The molecule has 12 nitrogen and oxygen atoms in total. The number of nitriles is 2. The number of nitrogens with zero attached hydrogens (tertiary/aromatic N) is 7. The van der Waals surface area contributed by atoms with Crippen LogP contribution in [0.1, 0.15) is 40.8 Å². The van der Waals surface area contributed by atoms with Gasteiger partial charge in [0, 0.05) is 54.8 Å². The van der Waals surface area contributed by atoms with Gasteiger partial charge < -0.3 is 36.8 Å². The number of aromatic nitrogens is 2. The lowest BCUT2D eigenvalue weighted by molar-refractivity contribution is 0.319. The molecular formula is C24H27N11OS. The third kappa shape index (κ3) is 3.74. The Kier molecular flexibility index (Phi) is 5.62. The summed E-state index contributed by atoms with van der Waals surface area (Å²) >= 11 is 1.51. The van der Waals surface area contributed by atoms with E-state index in [1.807, 2.05) is 0 Å². The van der Waals surface area contributed by atoms with Crippen LogP contribution in [0.15, 0.2) is 5.10 Å². The highest BCUT2D eigenvalue weighted by Gasteiger charge is 2.52. The molecule has 2 aromatic rings. The topological polar surface area (TPSA) is 189 Å². The Bertz CT molecular complexity index is 1370. The van der Waals surface area contributed by atoms with E-state index in [1.54, 1.807) is 0 Å². The zero-order valence-electron chi connectivity index (χ0n) is 20.2. The molecule has 13 heteroatoms. The summed E-state index contributed by atoms with van der Waals surface area (Å²) in [4.78, 5) is 14.7. The van der Waals surface area contributed by atoms with E-state index >= 15 is 0 Å². The number of nitrogen functional groups attached to an aromatic ring is 1. The summed E-state index contributed by atoms with van der Waals surface area (Å²) < 4.78 is 5.80. The van der Waals surface area contributed by atoms with Crippen LogP contribution in [0.4, 0.5) is 16.6 Å². The van der Waals surface area contributed by atoms with Crippen molar-refractivity contribution in [1.29, 1.82) is 15.9 Å². The number of nitrogens with one attached hydrogen (secondary N) is 2. The lowest BCUT2D eigenvalue weighted by Gasteiger charge is -2.49. The number of hydrazone groups is 1. The molecule has 2 aromatic heterocycles. The number of rotatable bonds is 6. The second kappa shape index (κ2) is 8.87. The molecule has 37 heavy (non-hydrogen) atoms. The van der Waals surface area contributed by atoms with E-state index in [2.05, 4.69) is 42.3 Å². The maximum Gasteiger partial charge on any atom is 0.320 e. The first-order chi connectivity index (χ1) is 18.0. The van der Waals surface area contributed by atoms with Crippen LogP contribution in [0.3, 0.4) is 0 Å². The van der Waals surface area contributed by atoms with Crippen LogP contribution in [-0.4, -0.2) is 66.8 Å². The summed E-state index contributed by atoms with van der Waals surface area (Å²) in [5.74, 6) is 6.42. The van der Waals surface area contributed by atoms with Crippen LogP contribution in [0.2, 0.25) is 0 Å². The second-order valence-corrected chi connectivity index (χ2v) is 11.3. The standard InChI is InChI=1S/C24H27N11OS/c25-5-15(33-29)10-36-23-31-21(34-8-13-1-2-14(9-34)30-13)17(7-27)22(32-23)35-11-24(12-35)4-3-18-19(24)16(6-26)20(28)37-18/h5,13-14,25,30H,1-4,8-12,28-29H2/b25-5?,33-15+. The van der Waals surface area contributed by atoms with Crippen molar-refractivity contribution in [1.82, 2.24) is 15.3 Å². The van der Waals surface area contributed by atoms with Crippen molar-refractivity contribution in [3.8, 4) is 18.1 Å². The van der Waals surface area contributed by atoms with E-state index < -0.39 is 0 Å². The number of ether oxygens (including phenoxy) is 1. The summed E-state index contributed by atoms with van der Waals surface area (Å²) in [7, 11) is 0. The third-order valence-electron chi connectivity index (χ3n) is 7.93. The van der Waals surface area contributed by atoms with Crippen molar-refractivity contribution in [2.24, 2.45) is 10.9 Å². The molecule has 2 atom stereocenters. The van der Waals surface area contributed by atoms with Gasteiger partial charge in [-0.1, -0.05) is 0 Å². The van der Waals surface area contributed by atoms with E-state index in [4.69, 9.17) is 21.7 Å². The molecule has 2 unspecified atom stereocenters. The number of thiophene rings is 1. The van der Waals surface area contributed by atoms with E-state index in [0.717, 1.165) is 50.6 Å². The van der Waals surface area contributed by atoms with Crippen molar-refractivity contribution in [3.63, 3.8) is 0 Å². The number of hydrogen-bond donors (Lipinski definition) is 4. The SMILES string of the molecule is N#Cc1c(N2CC3CCC(C2)N3)nc(OC/C(C=N)=N/N)nc1N1CC2(CCc3sc(N)c(C#N)c32)C1. The van der Waals surface area contributed by atoms with Crippen molar-refractivity contribution in [2.45, 2.75) is 43.2 Å². The van der Waals surface area contributed by atoms with E-state index in [1.165, 1.54) is 16.2 Å². The van der Waals surface area contributed by atoms with Gasteiger partial charge in [0.15, 0.2) is 11.6 Å². The number of fused-ring (bicyclic) bond motifs is 4. The molecule has 6 rings (SSSR count). The first-order valence-electron chi connectivity index (χ1n) is 12.3. The van der Waals surface area contributed by atoms with Gasteiger partial charge in [-0.3, -0.25) is 0 Å². The first-order valence-corrected chi connectivity index (χ1v) is 13.1. The Morgan fingerprint density at radius 1 is 1.19 bits per heavy atom. The lowest BCUT2D eigenvalue weighted by atomic mass is 9.74. The minimum Gasteiger partial charge on any atom is -0.457 e. The fourth-order valence-corrected chi connectivity index (χ4v) is 7.38. The van der Waals surface area contributed by atoms with Gasteiger partial charge in [-0.05, 0) is 31.2 Å². The largest absolute Gasteiger partial charge is 0.457 e. The van der Waals surface area contributed by atoms with Gasteiger partial charge in [0.25, 0.3) is 0 Å². The molecule has 1 spiro atoms. The highest BCUT2D eigenvalue weighted by Crippen LogP contribution is 2.53. The lowest BCUT2D eigenvalue weighted by Crippen LogP contribution is -2.59. The van der Waals surface area contributed by atoms with Crippen LogP contribution in [0, 0.1) is 28.1 Å². The molecule has 4 aliphatic rings. The van der Waals surface area contributed by atoms with Crippen molar-refractivity contribution < 1.29 is 4.74 Å². The Labute approximate surface area is 218 Å². The molecule has 3 aliphatic heterocycles. The summed E-state index contributed by atoms with van der Waals surface area (Å²) in [6.45, 7) is 2.73. The Morgan fingerprint density at radius 2 is 1.86 bits per heavy atom. The molecular weight excluding hydrogens is 490 g/mol. The van der Waals surface area contributed by atoms with E-state index in [0.29, 0.717) is 52.9 Å². The Balaban J connectivity index is 1.35. The zero-order chi connectivity index (χ0) is 25.7. The number of aryl methyl sites for hydroxylation is 1. The maximum atomic E-state index is 10.3. The fourth-order valence-electron chi connectivity index (χ4n) is 6.24. The molecule has 6 N–H and O–H groups in total. The van der Waals surface area contributed by atoms with Gasteiger partial charge >= 0.3 is 6.01 Å². The molecule has 0 aromatic carbocycles. The summed E-state index contributed by atoms with van der Waals surface area (Å²) in [5.41, 5.74) is 8.32. The molecule has 0 amide bonds. The number of anilines is 3. The van der Waals surface area contributed by atoms with Crippen LogP contribution < -0.4 is 31.4 Å². The second-order valence-electron chi connectivity index (χ2n) is 10.1. The predicted molar refractivity (Wildman–Crippen MR) is 140 cm³/mol. The number of hydrogen-bond acceptors (Lipinski definition) is 13. The minimum atomic E-state index is -0.166. The molecule has 2 bridgehead atoms. The summed E-state index contributed by atoms with van der Waals surface area (Å²) in [6.07, 6.45) is 5.07. The first kappa shape index (κ1) is 23.5. The molecule has 190 valence electrons.